The molecule has 0 bridgehead atoms. The van der Waals surface area contributed by atoms with Crippen molar-refractivity contribution < 1.29 is 19.0 Å². The number of hydrogen-bond acceptors (Lipinski definition) is 6. The van der Waals surface area contributed by atoms with E-state index in [1.807, 2.05) is 6.92 Å². The van der Waals surface area contributed by atoms with E-state index in [0.29, 0.717) is 35.4 Å². The molecule has 0 aliphatic rings. The molecule has 1 N–H and O–H groups in total. The highest BCUT2D eigenvalue weighted by Crippen LogP contribution is 2.20. The number of aromatic nitrogens is 2. The minimum atomic E-state index is -0.287. The summed E-state index contributed by atoms with van der Waals surface area (Å²) in [7, 11) is 1.59. The summed E-state index contributed by atoms with van der Waals surface area (Å²) >= 11 is 0. The van der Waals surface area contributed by atoms with Gasteiger partial charge in [-0.3, -0.25) is 4.79 Å². The number of rotatable bonds is 7. The van der Waals surface area contributed by atoms with Crippen LogP contribution in [0.3, 0.4) is 0 Å². The molecule has 0 atom stereocenters. The van der Waals surface area contributed by atoms with Gasteiger partial charge in [-0.2, -0.15) is 9.97 Å². The molecule has 2 rings (SSSR count). The summed E-state index contributed by atoms with van der Waals surface area (Å²) in [5.74, 6) is 1.02. The molecule has 2 aromatic rings. The molecular weight excluding hydrogens is 310 g/mol. The SMILES string of the molecule is CCOc1nc(C)c(NC(=O)COc2ccc(OC)cc2)c(C)n1. The van der Waals surface area contributed by atoms with Gasteiger partial charge in [0.2, 0.25) is 0 Å². The highest BCUT2D eigenvalue weighted by molar-refractivity contribution is 5.92. The summed E-state index contributed by atoms with van der Waals surface area (Å²) in [5.41, 5.74) is 1.86. The number of nitrogens with zero attached hydrogens (tertiary/aromatic N) is 2. The van der Waals surface area contributed by atoms with Gasteiger partial charge in [0, 0.05) is 0 Å². The average molecular weight is 331 g/mol. The fourth-order valence-electron chi connectivity index (χ4n) is 2.06. The van der Waals surface area contributed by atoms with Crippen molar-refractivity contribution in [3.8, 4) is 17.5 Å². The van der Waals surface area contributed by atoms with E-state index < -0.39 is 0 Å². The Morgan fingerprint density at radius 1 is 1.04 bits per heavy atom. The van der Waals surface area contributed by atoms with Gasteiger partial charge >= 0.3 is 6.01 Å². The molecule has 1 heterocycles. The Balaban J connectivity index is 1.96. The number of hydrogen-bond donors (Lipinski definition) is 1. The largest absolute Gasteiger partial charge is 0.497 e. The maximum absolute atomic E-state index is 12.1. The van der Waals surface area contributed by atoms with Crippen LogP contribution in [0.2, 0.25) is 0 Å². The number of nitrogens with one attached hydrogen (secondary N) is 1. The van der Waals surface area contributed by atoms with Crippen molar-refractivity contribution in [2.45, 2.75) is 20.8 Å². The molecule has 1 aromatic heterocycles. The van der Waals surface area contributed by atoms with Gasteiger partial charge in [-0.25, -0.2) is 0 Å². The standard InChI is InChI=1S/C17H21N3O4/c1-5-23-17-18-11(2)16(12(3)19-17)20-15(21)10-24-14-8-6-13(22-4)7-9-14/h6-9H,5,10H2,1-4H3,(H,20,21). The topological polar surface area (TPSA) is 82.6 Å². The van der Waals surface area contributed by atoms with Crippen LogP contribution in [0.5, 0.6) is 17.5 Å². The van der Waals surface area contributed by atoms with Gasteiger partial charge in [-0.05, 0) is 45.0 Å². The Bertz CT molecular complexity index is 678. The zero-order valence-corrected chi connectivity index (χ0v) is 14.3. The summed E-state index contributed by atoms with van der Waals surface area (Å²) in [6.07, 6.45) is 0. The van der Waals surface area contributed by atoms with E-state index in [9.17, 15) is 4.79 Å². The average Bonchev–Trinajstić information content (AvgIpc) is 2.57. The second kappa shape index (κ2) is 8.14. The van der Waals surface area contributed by atoms with Crippen LogP contribution >= 0.6 is 0 Å². The van der Waals surface area contributed by atoms with E-state index in [-0.39, 0.29) is 12.5 Å². The van der Waals surface area contributed by atoms with E-state index in [0.717, 1.165) is 5.75 Å². The zero-order chi connectivity index (χ0) is 17.5. The van der Waals surface area contributed by atoms with Gasteiger partial charge in [0.15, 0.2) is 6.61 Å². The third kappa shape index (κ3) is 4.58. The van der Waals surface area contributed by atoms with Crippen molar-refractivity contribution in [3.05, 3.63) is 35.7 Å². The second-order valence-corrected chi connectivity index (χ2v) is 5.00. The second-order valence-electron chi connectivity index (χ2n) is 5.00. The Kier molecular flexibility index (Phi) is 5.95. The van der Waals surface area contributed by atoms with Crippen LogP contribution in [0.4, 0.5) is 5.69 Å². The van der Waals surface area contributed by atoms with Crippen LogP contribution in [0.25, 0.3) is 0 Å². The number of carbonyl (C=O) groups excluding carboxylic acids is 1. The van der Waals surface area contributed by atoms with Gasteiger partial charge in [0.25, 0.3) is 5.91 Å². The molecule has 24 heavy (non-hydrogen) atoms. The number of anilines is 1. The predicted octanol–water partition coefficient (Wildman–Crippen LogP) is 2.52. The smallest absolute Gasteiger partial charge is 0.316 e. The summed E-state index contributed by atoms with van der Waals surface area (Å²) in [4.78, 5) is 20.5. The van der Waals surface area contributed by atoms with E-state index in [1.54, 1.807) is 45.2 Å². The lowest BCUT2D eigenvalue weighted by molar-refractivity contribution is -0.118. The molecule has 0 aliphatic heterocycles. The van der Waals surface area contributed by atoms with Crippen molar-refractivity contribution >= 4 is 11.6 Å². The lowest BCUT2D eigenvalue weighted by Crippen LogP contribution is -2.22. The molecule has 0 saturated carbocycles. The van der Waals surface area contributed by atoms with Crippen LogP contribution in [-0.4, -0.2) is 36.2 Å². The van der Waals surface area contributed by atoms with Crippen LogP contribution < -0.4 is 19.5 Å². The van der Waals surface area contributed by atoms with Gasteiger partial charge in [-0.15, -0.1) is 0 Å². The molecule has 128 valence electrons. The Labute approximate surface area is 141 Å². The fourth-order valence-corrected chi connectivity index (χ4v) is 2.06. The van der Waals surface area contributed by atoms with Crippen molar-refractivity contribution in [2.24, 2.45) is 0 Å². The first-order chi connectivity index (χ1) is 11.5. The molecule has 0 spiro atoms. The van der Waals surface area contributed by atoms with Gasteiger partial charge < -0.3 is 19.5 Å². The molecular formula is C17H21N3O4. The van der Waals surface area contributed by atoms with Crippen LogP contribution in [-0.2, 0) is 4.79 Å². The van der Waals surface area contributed by atoms with Gasteiger partial charge in [-0.1, -0.05) is 0 Å². The van der Waals surface area contributed by atoms with Crippen LogP contribution in [0.15, 0.2) is 24.3 Å². The molecule has 0 aliphatic carbocycles. The Morgan fingerprint density at radius 2 is 1.62 bits per heavy atom. The zero-order valence-electron chi connectivity index (χ0n) is 14.3. The molecule has 7 heteroatoms. The molecule has 0 saturated heterocycles. The van der Waals surface area contributed by atoms with Crippen LogP contribution in [0, 0.1) is 13.8 Å². The number of benzene rings is 1. The van der Waals surface area contributed by atoms with E-state index in [4.69, 9.17) is 14.2 Å². The first-order valence-corrected chi connectivity index (χ1v) is 7.58. The normalized spacial score (nSPS) is 10.2. The van der Waals surface area contributed by atoms with Crippen molar-refractivity contribution in [1.82, 2.24) is 9.97 Å². The molecule has 0 fully saturated rings. The monoisotopic (exact) mass is 331 g/mol. The quantitative estimate of drug-likeness (QED) is 0.839. The lowest BCUT2D eigenvalue weighted by atomic mass is 10.3. The molecule has 0 unspecified atom stereocenters. The first-order valence-electron chi connectivity index (χ1n) is 7.58. The van der Waals surface area contributed by atoms with Crippen molar-refractivity contribution in [3.63, 3.8) is 0 Å². The summed E-state index contributed by atoms with van der Waals surface area (Å²) in [5, 5.41) is 2.77. The Morgan fingerprint density at radius 3 is 2.17 bits per heavy atom. The minimum absolute atomic E-state index is 0.113. The molecule has 1 aromatic carbocycles. The lowest BCUT2D eigenvalue weighted by Gasteiger charge is -2.12. The maximum Gasteiger partial charge on any atom is 0.316 e. The summed E-state index contributed by atoms with van der Waals surface area (Å²) < 4.78 is 15.8. The fraction of sp³-hybridized carbons (Fsp3) is 0.353. The third-order valence-corrected chi connectivity index (χ3v) is 3.22. The van der Waals surface area contributed by atoms with Gasteiger partial charge in [0.1, 0.15) is 11.5 Å². The van der Waals surface area contributed by atoms with E-state index >= 15 is 0 Å². The highest BCUT2D eigenvalue weighted by atomic mass is 16.5. The number of amides is 1. The van der Waals surface area contributed by atoms with Crippen molar-refractivity contribution in [2.75, 3.05) is 25.6 Å². The molecule has 1 amide bonds. The highest BCUT2D eigenvalue weighted by Gasteiger charge is 2.12. The number of carbonyl (C=O) groups is 1. The molecule has 0 radical (unpaired) electrons. The number of methoxy groups -OCH3 is 1. The predicted molar refractivity (Wildman–Crippen MR) is 89.8 cm³/mol. The number of aryl methyl sites for hydroxylation is 2. The summed E-state index contributed by atoms with van der Waals surface area (Å²) in [6, 6.07) is 7.31. The third-order valence-electron chi connectivity index (χ3n) is 3.22. The van der Waals surface area contributed by atoms with Gasteiger partial charge in [0.05, 0.1) is 30.8 Å². The van der Waals surface area contributed by atoms with Crippen LogP contribution in [0.1, 0.15) is 18.3 Å². The van der Waals surface area contributed by atoms with E-state index in [2.05, 4.69) is 15.3 Å². The van der Waals surface area contributed by atoms with Crippen molar-refractivity contribution in [1.29, 1.82) is 0 Å². The minimum Gasteiger partial charge on any atom is -0.497 e. The Hall–Kier alpha value is -2.83. The maximum atomic E-state index is 12.1. The number of ether oxygens (including phenoxy) is 3. The van der Waals surface area contributed by atoms with E-state index in [1.165, 1.54) is 0 Å². The molecule has 7 nitrogen and oxygen atoms in total. The first kappa shape index (κ1) is 17.5. The summed E-state index contributed by atoms with van der Waals surface area (Å²) in [6.45, 7) is 5.81.